The third-order valence-corrected chi connectivity index (χ3v) is 4.72. The van der Waals surface area contributed by atoms with Crippen molar-refractivity contribution in [2.75, 3.05) is 0 Å². The van der Waals surface area contributed by atoms with Gasteiger partial charge in [0.15, 0.2) is 0 Å². The standard InChI is InChI=1S/C13H12.C8H8.C7H8/c1-9-4-6-12(8-9)13-7-5-10(2)11(13)3;1-6-4-5-7(2)8(6)3;1-6-3-4-7(2)5-6/h4-7H,1-3,8H2;4-5H,1-3H2;3-4H,1-2,5H2. The third kappa shape index (κ3) is 5.31. The van der Waals surface area contributed by atoms with Crippen LogP contribution in [0.5, 0.6) is 0 Å². The minimum atomic E-state index is 0.950. The van der Waals surface area contributed by atoms with E-state index in [4.69, 9.17) is 0 Å². The second kappa shape index (κ2) is 9.01. The van der Waals surface area contributed by atoms with Gasteiger partial charge in [-0.1, -0.05) is 118 Å². The Balaban J connectivity index is 0.000000161. The second-order valence-corrected chi connectivity index (χ2v) is 7.13. The van der Waals surface area contributed by atoms with Gasteiger partial charge in [-0.15, -0.1) is 0 Å². The number of hydrogen-bond acceptors (Lipinski definition) is 0. The zero-order valence-electron chi connectivity index (χ0n) is 16.7. The zero-order valence-corrected chi connectivity index (χ0v) is 16.7. The molecule has 0 spiro atoms. The molecule has 0 radical (unpaired) electrons. The zero-order chi connectivity index (χ0) is 20.8. The summed E-state index contributed by atoms with van der Waals surface area (Å²) >= 11 is 0. The third-order valence-electron chi connectivity index (χ3n) is 4.72. The van der Waals surface area contributed by atoms with Crippen molar-refractivity contribution in [2.24, 2.45) is 0 Å². The molecular formula is C28H28. The van der Waals surface area contributed by atoms with Crippen molar-refractivity contribution in [3.05, 3.63) is 157 Å². The van der Waals surface area contributed by atoms with E-state index in [2.05, 4.69) is 70.9 Å². The fourth-order valence-corrected chi connectivity index (χ4v) is 2.88. The first-order valence-corrected chi connectivity index (χ1v) is 9.14. The van der Waals surface area contributed by atoms with Crippen LogP contribution in [0.25, 0.3) is 0 Å². The van der Waals surface area contributed by atoms with Gasteiger partial charge in [-0.3, -0.25) is 0 Å². The average molecular weight is 365 g/mol. The van der Waals surface area contributed by atoms with E-state index in [1.165, 1.54) is 27.9 Å². The highest BCUT2D eigenvalue weighted by Gasteiger charge is 2.15. The van der Waals surface area contributed by atoms with E-state index in [0.29, 0.717) is 0 Å². The van der Waals surface area contributed by atoms with Gasteiger partial charge in [-0.2, -0.15) is 0 Å². The first kappa shape index (κ1) is 20.9. The Morgan fingerprint density at radius 3 is 1.14 bits per heavy atom. The van der Waals surface area contributed by atoms with Crippen molar-refractivity contribution in [3.8, 4) is 0 Å². The monoisotopic (exact) mass is 364 g/mol. The Bertz CT molecular complexity index is 935. The van der Waals surface area contributed by atoms with Gasteiger partial charge >= 0.3 is 0 Å². The molecule has 28 heavy (non-hydrogen) atoms. The molecule has 0 atom stereocenters. The molecule has 0 heteroatoms. The summed E-state index contributed by atoms with van der Waals surface area (Å²) < 4.78 is 0. The molecule has 0 fully saturated rings. The van der Waals surface area contributed by atoms with Crippen LogP contribution in [0.2, 0.25) is 0 Å². The Morgan fingerprint density at radius 2 is 0.857 bits per heavy atom. The van der Waals surface area contributed by atoms with Gasteiger partial charge < -0.3 is 0 Å². The molecular weight excluding hydrogens is 336 g/mol. The minimum Gasteiger partial charge on any atom is -0.0955 e. The molecule has 4 rings (SSSR count). The summed E-state index contributed by atoms with van der Waals surface area (Å²) in [5.41, 5.74) is 11.0. The van der Waals surface area contributed by atoms with E-state index >= 15 is 0 Å². The van der Waals surface area contributed by atoms with Crippen molar-refractivity contribution in [1.29, 1.82) is 0 Å². The Kier molecular flexibility index (Phi) is 6.74. The molecule has 0 nitrogen and oxygen atoms in total. The molecule has 4 aliphatic rings. The van der Waals surface area contributed by atoms with Crippen LogP contribution in [-0.2, 0) is 0 Å². The Hall–Kier alpha value is -3.38. The molecule has 0 N–H and O–H groups in total. The van der Waals surface area contributed by atoms with Crippen LogP contribution in [0.4, 0.5) is 0 Å². The highest BCUT2D eigenvalue weighted by molar-refractivity contribution is 5.65. The van der Waals surface area contributed by atoms with Gasteiger partial charge in [-0.25, -0.2) is 0 Å². The summed E-state index contributed by atoms with van der Waals surface area (Å²) in [4.78, 5) is 0. The molecule has 0 aliphatic heterocycles. The molecule has 140 valence electrons. The smallest absolute Gasteiger partial charge is 0.00255 e. The summed E-state index contributed by atoms with van der Waals surface area (Å²) in [6.07, 6.45) is 18.0. The highest BCUT2D eigenvalue weighted by atomic mass is 14.2. The van der Waals surface area contributed by atoms with Gasteiger partial charge in [0.05, 0.1) is 0 Å². The average Bonchev–Trinajstić information content (AvgIpc) is 3.39. The summed E-state index contributed by atoms with van der Waals surface area (Å²) in [5.74, 6) is 0. The van der Waals surface area contributed by atoms with E-state index < -0.39 is 0 Å². The molecule has 0 saturated heterocycles. The lowest BCUT2D eigenvalue weighted by molar-refractivity contribution is 1.25. The predicted octanol–water partition coefficient (Wildman–Crippen LogP) is 7.76. The molecule has 0 aromatic rings. The fraction of sp³-hybridized carbons (Fsp3) is 0.0714. The fourth-order valence-electron chi connectivity index (χ4n) is 2.88. The number of rotatable bonds is 0. The summed E-state index contributed by atoms with van der Waals surface area (Å²) in [7, 11) is 0. The predicted molar refractivity (Wildman–Crippen MR) is 126 cm³/mol. The number of allylic oxidation sites excluding steroid dienone is 18. The van der Waals surface area contributed by atoms with Gasteiger partial charge in [-0.05, 0) is 51.9 Å². The van der Waals surface area contributed by atoms with E-state index in [1.54, 1.807) is 0 Å². The molecule has 0 unspecified atom stereocenters. The van der Waals surface area contributed by atoms with Crippen LogP contribution in [0.1, 0.15) is 12.8 Å². The summed E-state index contributed by atoms with van der Waals surface area (Å²) in [5, 5.41) is 0. The normalized spacial score (nSPS) is 22.3. The molecule has 0 aromatic heterocycles. The lowest BCUT2D eigenvalue weighted by Gasteiger charge is -2.03. The molecule has 4 aliphatic carbocycles. The second-order valence-electron chi connectivity index (χ2n) is 7.13. The molecule has 0 amide bonds. The van der Waals surface area contributed by atoms with Crippen molar-refractivity contribution in [3.63, 3.8) is 0 Å². The van der Waals surface area contributed by atoms with E-state index in [9.17, 15) is 0 Å². The van der Waals surface area contributed by atoms with Gasteiger partial charge in [0.25, 0.3) is 0 Å². The first-order valence-electron chi connectivity index (χ1n) is 9.14. The minimum absolute atomic E-state index is 0.950. The maximum Gasteiger partial charge on any atom is -0.00255 e. The van der Waals surface area contributed by atoms with Crippen LogP contribution in [0.3, 0.4) is 0 Å². The maximum atomic E-state index is 4.00. The van der Waals surface area contributed by atoms with E-state index in [1.807, 2.05) is 30.4 Å². The van der Waals surface area contributed by atoms with Gasteiger partial charge in [0.2, 0.25) is 0 Å². The number of hydrogen-bond donors (Lipinski definition) is 0. The lowest BCUT2D eigenvalue weighted by Crippen LogP contribution is -1.84. The van der Waals surface area contributed by atoms with Crippen molar-refractivity contribution in [1.82, 2.24) is 0 Å². The summed E-state index contributed by atoms with van der Waals surface area (Å²) in [6.45, 7) is 30.6. The molecule has 0 aromatic carbocycles. The summed E-state index contributed by atoms with van der Waals surface area (Å²) in [6, 6.07) is 0. The van der Waals surface area contributed by atoms with Crippen LogP contribution in [0, 0.1) is 0 Å². The topological polar surface area (TPSA) is 0 Å². The van der Waals surface area contributed by atoms with Crippen molar-refractivity contribution < 1.29 is 0 Å². The quantitative estimate of drug-likeness (QED) is 0.412. The van der Waals surface area contributed by atoms with Crippen LogP contribution >= 0.6 is 0 Å². The maximum absolute atomic E-state index is 4.00. The van der Waals surface area contributed by atoms with E-state index in [-0.39, 0.29) is 0 Å². The molecule has 0 bridgehead atoms. The lowest BCUT2D eigenvalue weighted by atomic mass is 10.0. The van der Waals surface area contributed by atoms with Crippen molar-refractivity contribution >= 4 is 0 Å². The molecule has 0 heterocycles. The highest BCUT2D eigenvalue weighted by Crippen LogP contribution is 2.34. The van der Waals surface area contributed by atoms with Crippen LogP contribution < -0.4 is 0 Å². The van der Waals surface area contributed by atoms with Crippen LogP contribution in [0.15, 0.2) is 157 Å². The van der Waals surface area contributed by atoms with Gasteiger partial charge in [0.1, 0.15) is 0 Å². The van der Waals surface area contributed by atoms with Crippen molar-refractivity contribution in [2.45, 2.75) is 12.8 Å². The largest absolute Gasteiger partial charge is 0.0955 e. The molecule has 0 saturated carbocycles. The Morgan fingerprint density at radius 1 is 0.429 bits per heavy atom. The first-order chi connectivity index (χ1) is 13.2. The SMILES string of the molecule is C=C1C=CC(=C)C1.C=C1C=CC(=C)C1=C.C=C1C=CC(=C2C=CC(=C)C2=C)C1. The van der Waals surface area contributed by atoms with Gasteiger partial charge in [0, 0.05) is 0 Å². The van der Waals surface area contributed by atoms with Crippen LogP contribution in [-0.4, -0.2) is 0 Å². The van der Waals surface area contributed by atoms with E-state index in [0.717, 1.165) is 40.7 Å². The Labute approximate surface area is 170 Å².